The standard InChI is InChI=1S/C18H16N2O2/c1-11-15-5-3-4-6-16(15)20-17(11)18(22)19-14-9-7-13(8-10-14)12(2)21/h3-10,20H,1-2H3,(H,19,22). The number of fused-ring (bicyclic) bond motifs is 1. The molecule has 3 rings (SSSR count). The van der Waals surface area contributed by atoms with Crippen LogP contribution in [0.2, 0.25) is 0 Å². The minimum atomic E-state index is -0.190. The third-order valence-electron chi connectivity index (χ3n) is 3.74. The van der Waals surface area contributed by atoms with Crippen LogP contribution in [0.4, 0.5) is 5.69 Å². The molecular weight excluding hydrogens is 276 g/mol. The summed E-state index contributed by atoms with van der Waals surface area (Å²) in [6.45, 7) is 3.44. The van der Waals surface area contributed by atoms with Crippen LogP contribution in [-0.2, 0) is 0 Å². The number of aryl methyl sites for hydroxylation is 1. The highest BCUT2D eigenvalue weighted by atomic mass is 16.2. The van der Waals surface area contributed by atoms with Gasteiger partial charge < -0.3 is 10.3 Å². The maximum Gasteiger partial charge on any atom is 0.272 e. The zero-order valence-electron chi connectivity index (χ0n) is 12.4. The van der Waals surface area contributed by atoms with Gasteiger partial charge in [0, 0.05) is 22.2 Å². The van der Waals surface area contributed by atoms with Gasteiger partial charge in [0.15, 0.2) is 5.78 Å². The molecule has 4 heteroatoms. The molecule has 0 spiro atoms. The van der Waals surface area contributed by atoms with Gasteiger partial charge in [-0.25, -0.2) is 0 Å². The van der Waals surface area contributed by atoms with E-state index >= 15 is 0 Å². The second-order valence-corrected chi connectivity index (χ2v) is 5.26. The topological polar surface area (TPSA) is 62.0 Å². The van der Waals surface area contributed by atoms with Crippen molar-refractivity contribution in [2.45, 2.75) is 13.8 Å². The van der Waals surface area contributed by atoms with Gasteiger partial charge in [-0.3, -0.25) is 9.59 Å². The van der Waals surface area contributed by atoms with Crippen LogP contribution in [0, 0.1) is 6.92 Å². The number of hydrogen-bond acceptors (Lipinski definition) is 2. The van der Waals surface area contributed by atoms with Gasteiger partial charge in [0.1, 0.15) is 5.69 Å². The van der Waals surface area contributed by atoms with Crippen molar-refractivity contribution < 1.29 is 9.59 Å². The Kier molecular flexibility index (Phi) is 3.51. The number of carbonyl (C=O) groups excluding carboxylic acids is 2. The summed E-state index contributed by atoms with van der Waals surface area (Å²) >= 11 is 0. The number of anilines is 1. The number of ketones is 1. The summed E-state index contributed by atoms with van der Waals surface area (Å²) in [4.78, 5) is 26.8. The number of aromatic amines is 1. The van der Waals surface area contributed by atoms with E-state index in [4.69, 9.17) is 0 Å². The maximum absolute atomic E-state index is 12.4. The van der Waals surface area contributed by atoms with E-state index in [1.807, 2.05) is 31.2 Å². The highest BCUT2D eigenvalue weighted by Crippen LogP contribution is 2.22. The first-order valence-corrected chi connectivity index (χ1v) is 7.06. The smallest absolute Gasteiger partial charge is 0.272 e. The molecule has 1 amide bonds. The maximum atomic E-state index is 12.4. The summed E-state index contributed by atoms with van der Waals surface area (Å²) in [5, 5.41) is 3.89. The molecule has 2 aromatic carbocycles. The molecule has 4 nitrogen and oxygen atoms in total. The van der Waals surface area contributed by atoms with Gasteiger partial charge in [-0.15, -0.1) is 0 Å². The molecule has 0 aliphatic rings. The fourth-order valence-corrected chi connectivity index (χ4v) is 2.49. The number of carbonyl (C=O) groups is 2. The number of rotatable bonds is 3. The Bertz CT molecular complexity index is 860. The van der Waals surface area contributed by atoms with E-state index in [1.54, 1.807) is 24.3 Å². The van der Waals surface area contributed by atoms with Crippen molar-refractivity contribution in [1.29, 1.82) is 0 Å². The number of para-hydroxylation sites is 1. The normalized spacial score (nSPS) is 10.6. The third-order valence-corrected chi connectivity index (χ3v) is 3.74. The van der Waals surface area contributed by atoms with Crippen molar-refractivity contribution in [3.8, 4) is 0 Å². The largest absolute Gasteiger partial charge is 0.350 e. The fraction of sp³-hybridized carbons (Fsp3) is 0.111. The van der Waals surface area contributed by atoms with E-state index in [9.17, 15) is 9.59 Å². The third kappa shape index (κ3) is 2.51. The zero-order chi connectivity index (χ0) is 15.7. The van der Waals surface area contributed by atoms with Crippen LogP contribution in [0.5, 0.6) is 0 Å². The predicted molar refractivity (Wildman–Crippen MR) is 87.4 cm³/mol. The first-order valence-electron chi connectivity index (χ1n) is 7.06. The predicted octanol–water partition coefficient (Wildman–Crippen LogP) is 3.93. The van der Waals surface area contributed by atoms with Gasteiger partial charge in [0.25, 0.3) is 5.91 Å². The zero-order valence-corrected chi connectivity index (χ0v) is 12.4. The van der Waals surface area contributed by atoms with Crippen LogP contribution in [-0.4, -0.2) is 16.7 Å². The molecule has 0 saturated heterocycles. The molecule has 110 valence electrons. The monoisotopic (exact) mass is 292 g/mol. The molecule has 0 radical (unpaired) electrons. The quantitative estimate of drug-likeness (QED) is 0.718. The number of Topliss-reactive ketones (excluding diaryl/α,β-unsaturated/α-hetero) is 1. The highest BCUT2D eigenvalue weighted by Gasteiger charge is 2.14. The summed E-state index contributed by atoms with van der Waals surface area (Å²) in [6, 6.07) is 14.7. The van der Waals surface area contributed by atoms with Crippen molar-refractivity contribution in [3.05, 3.63) is 65.4 Å². The van der Waals surface area contributed by atoms with Crippen LogP contribution in [0.15, 0.2) is 48.5 Å². The Morgan fingerprint density at radius 1 is 1.00 bits per heavy atom. The molecule has 1 heterocycles. The molecule has 0 fully saturated rings. The van der Waals surface area contributed by atoms with Gasteiger partial charge in [0.05, 0.1) is 0 Å². The Hall–Kier alpha value is -2.88. The Morgan fingerprint density at radius 3 is 2.32 bits per heavy atom. The van der Waals surface area contributed by atoms with E-state index in [0.29, 0.717) is 16.9 Å². The van der Waals surface area contributed by atoms with Gasteiger partial charge in [0.2, 0.25) is 0 Å². The fourth-order valence-electron chi connectivity index (χ4n) is 2.49. The number of H-pyrrole nitrogens is 1. The molecule has 0 aliphatic carbocycles. The van der Waals surface area contributed by atoms with Crippen molar-refractivity contribution in [2.24, 2.45) is 0 Å². The van der Waals surface area contributed by atoms with Crippen LogP contribution >= 0.6 is 0 Å². The second kappa shape index (κ2) is 5.48. The average Bonchev–Trinajstić information content (AvgIpc) is 2.85. The van der Waals surface area contributed by atoms with Gasteiger partial charge in [-0.1, -0.05) is 18.2 Å². The van der Waals surface area contributed by atoms with Crippen molar-refractivity contribution >= 4 is 28.3 Å². The summed E-state index contributed by atoms with van der Waals surface area (Å²) < 4.78 is 0. The lowest BCUT2D eigenvalue weighted by Gasteiger charge is -2.05. The first kappa shape index (κ1) is 14.1. The van der Waals surface area contributed by atoms with Crippen LogP contribution in [0.25, 0.3) is 10.9 Å². The molecule has 0 atom stereocenters. The van der Waals surface area contributed by atoms with Crippen molar-refractivity contribution in [1.82, 2.24) is 4.98 Å². The summed E-state index contributed by atoms with van der Waals surface area (Å²) in [6.07, 6.45) is 0. The summed E-state index contributed by atoms with van der Waals surface area (Å²) in [5.74, 6) is -0.186. The van der Waals surface area contributed by atoms with Crippen molar-refractivity contribution in [2.75, 3.05) is 5.32 Å². The molecule has 0 aliphatic heterocycles. The Balaban J connectivity index is 1.87. The number of benzene rings is 2. The van der Waals surface area contributed by atoms with E-state index in [2.05, 4.69) is 10.3 Å². The molecule has 2 N–H and O–H groups in total. The molecular formula is C18H16N2O2. The first-order chi connectivity index (χ1) is 10.6. The van der Waals surface area contributed by atoms with Gasteiger partial charge in [-0.2, -0.15) is 0 Å². The minimum Gasteiger partial charge on any atom is -0.350 e. The van der Waals surface area contributed by atoms with Gasteiger partial charge in [-0.05, 0) is 49.7 Å². The van der Waals surface area contributed by atoms with Crippen LogP contribution < -0.4 is 5.32 Å². The average molecular weight is 292 g/mol. The van der Waals surface area contributed by atoms with Gasteiger partial charge >= 0.3 is 0 Å². The molecule has 1 aromatic heterocycles. The van der Waals surface area contributed by atoms with Crippen LogP contribution in [0.3, 0.4) is 0 Å². The molecule has 0 saturated carbocycles. The number of aromatic nitrogens is 1. The molecule has 22 heavy (non-hydrogen) atoms. The SMILES string of the molecule is CC(=O)c1ccc(NC(=O)c2[nH]c3ccccc3c2C)cc1. The van der Waals surface area contributed by atoms with E-state index < -0.39 is 0 Å². The molecule has 0 unspecified atom stereocenters. The molecule has 0 bridgehead atoms. The second-order valence-electron chi connectivity index (χ2n) is 5.26. The Labute approximate surface area is 128 Å². The Morgan fingerprint density at radius 2 is 1.68 bits per heavy atom. The highest BCUT2D eigenvalue weighted by molar-refractivity contribution is 6.08. The lowest BCUT2D eigenvalue weighted by Crippen LogP contribution is -2.13. The number of hydrogen-bond donors (Lipinski definition) is 2. The van der Waals surface area contributed by atoms with Crippen molar-refractivity contribution in [3.63, 3.8) is 0 Å². The van der Waals surface area contributed by atoms with E-state index in [0.717, 1.165) is 16.5 Å². The lowest BCUT2D eigenvalue weighted by atomic mass is 10.1. The van der Waals surface area contributed by atoms with E-state index in [-0.39, 0.29) is 11.7 Å². The lowest BCUT2D eigenvalue weighted by molar-refractivity contribution is 0.101. The number of nitrogens with one attached hydrogen (secondary N) is 2. The number of amides is 1. The summed E-state index contributed by atoms with van der Waals surface area (Å²) in [7, 11) is 0. The summed E-state index contributed by atoms with van der Waals surface area (Å²) in [5.41, 5.74) is 3.70. The minimum absolute atomic E-state index is 0.00402. The molecule has 3 aromatic rings. The van der Waals surface area contributed by atoms with E-state index in [1.165, 1.54) is 6.92 Å². The van der Waals surface area contributed by atoms with Crippen LogP contribution in [0.1, 0.15) is 33.3 Å².